The highest BCUT2D eigenvalue weighted by Gasteiger charge is 2.18. The second kappa shape index (κ2) is 5.41. The van der Waals surface area contributed by atoms with Crippen molar-refractivity contribution in [1.29, 1.82) is 5.26 Å². The van der Waals surface area contributed by atoms with Crippen LogP contribution in [-0.4, -0.2) is 0 Å². The van der Waals surface area contributed by atoms with E-state index in [0.717, 1.165) is 0 Å². The maximum Gasteiger partial charge on any atom is 0.274 e. The number of hydrogen-bond donors (Lipinski definition) is 0. The molecule has 16 heavy (non-hydrogen) atoms. The first-order chi connectivity index (χ1) is 7.61. The Morgan fingerprint density at radius 1 is 1.38 bits per heavy atom. The first kappa shape index (κ1) is 12.4. The summed E-state index contributed by atoms with van der Waals surface area (Å²) in [6.07, 6.45) is -1.08. The van der Waals surface area contributed by atoms with E-state index in [1.165, 1.54) is 0 Å². The van der Waals surface area contributed by atoms with Gasteiger partial charge in [0, 0.05) is 11.1 Å². The summed E-state index contributed by atoms with van der Waals surface area (Å²) in [6, 6.07) is 8.41. The summed E-state index contributed by atoms with van der Waals surface area (Å²) in [6.45, 7) is 3.59. The van der Waals surface area contributed by atoms with Crippen LogP contribution in [-0.2, 0) is 0 Å². The molecule has 1 aromatic rings. The van der Waals surface area contributed by atoms with Crippen LogP contribution in [0.25, 0.3) is 5.57 Å². The second-order valence-corrected chi connectivity index (χ2v) is 3.64. The fourth-order valence-corrected chi connectivity index (χ4v) is 1.57. The van der Waals surface area contributed by atoms with Crippen molar-refractivity contribution in [3.63, 3.8) is 0 Å². The summed E-state index contributed by atoms with van der Waals surface area (Å²) in [5.74, 6) is -0.250. The molecule has 0 saturated carbocycles. The minimum atomic E-state index is -1.70. The first-order valence-corrected chi connectivity index (χ1v) is 5.16. The molecule has 0 aliphatic rings. The van der Waals surface area contributed by atoms with Crippen LogP contribution in [0.2, 0.25) is 0 Å². The topological polar surface area (TPSA) is 23.8 Å². The number of benzene rings is 1. The Morgan fingerprint density at radius 2 is 2.00 bits per heavy atom. The zero-order valence-corrected chi connectivity index (χ0v) is 9.30. The molecule has 0 spiro atoms. The largest absolute Gasteiger partial charge is 0.274 e. The molecular formula is C13H13F2N. The van der Waals surface area contributed by atoms with E-state index in [1.807, 2.05) is 13.0 Å². The second-order valence-electron chi connectivity index (χ2n) is 3.64. The maximum absolute atomic E-state index is 12.9. The van der Waals surface area contributed by atoms with E-state index in [9.17, 15) is 8.78 Å². The van der Waals surface area contributed by atoms with Crippen LogP contribution in [0.5, 0.6) is 0 Å². The number of nitriles is 1. The van der Waals surface area contributed by atoms with Crippen LogP contribution < -0.4 is 0 Å². The van der Waals surface area contributed by atoms with E-state index in [2.05, 4.69) is 0 Å². The Balaban J connectivity index is 3.35. The van der Waals surface area contributed by atoms with Crippen LogP contribution >= 0.6 is 0 Å². The Labute approximate surface area is 94.0 Å². The summed E-state index contributed by atoms with van der Waals surface area (Å²) in [5.41, 5.74) is 0.629. The third-order valence-electron chi connectivity index (χ3n) is 2.65. The molecule has 0 N–H and O–H groups in total. The zero-order chi connectivity index (χ0) is 12.1. The summed E-state index contributed by atoms with van der Waals surface area (Å²) < 4.78 is 25.8. The minimum Gasteiger partial charge on any atom is -0.192 e. The summed E-state index contributed by atoms with van der Waals surface area (Å²) in [7, 11) is 0. The lowest BCUT2D eigenvalue weighted by Gasteiger charge is -2.14. The fourth-order valence-electron chi connectivity index (χ4n) is 1.57. The molecule has 84 valence electrons. The van der Waals surface area contributed by atoms with Gasteiger partial charge in [-0.05, 0) is 18.4 Å². The van der Waals surface area contributed by atoms with Gasteiger partial charge in [0.15, 0.2) is 0 Å². The van der Waals surface area contributed by atoms with Crippen LogP contribution in [0.4, 0.5) is 8.78 Å². The molecule has 0 aliphatic carbocycles. The Kier molecular flexibility index (Phi) is 4.19. The van der Waals surface area contributed by atoms with Gasteiger partial charge in [-0.15, -0.1) is 0 Å². The van der Waals surface area contributed by atoms with Crippen LogP contribution in [0.1, 0.15) is 31.4 Å². The first-order valence-electron chi connectivity index (χ1n) is 5.16. The summed E-state index contributed by atoms with van der Waals surface area (Å²) >= 11 is 0. The van der Waals surface area contributed by atoms with Crippen molar-refractivity contribution in [2.24, 2.45) is 5.92 Å². The molecule has 0 bridgehead atoms. The lowest BCUT2D eigenvalue weighted by Crippen LogP contribution is -2.00. The van der Waals surface area contributed by atoms with Crippen molar-refractivity contribution in [1.82, 2.24) is 0 Å². The predicted molar refractivity (Wildman–Crippen MR) is 59.7 cm³/mol. The summed E-state index contributed by atoms with van der Waals surface area (Å²) in [4.78, 5) is 0. The number of nitrogens with zero attached hydrogens (tertiary/aromatic N) is 1. The molecule has 1 atom stereocenters. The molecule has 0 fully saturated rings. The van der Waals surface area contributed by atoms with Crippen molar-refractivity contribution >= 4 is 5.57 Å². The normalized spacial score (nSPS) is 11.7. The van der Waals surface area contributed by atoms with E-state index in [1.54, 1.807) is 31.2 Å². The van der Waals surface area contributed by atoms with Gasteiger partial charge in [-0.3, -0.25) is 0 Å². The van der Waals surface area contributed by atoms with Gasteiger partial charge >= 0.3 is 0 Å². The molecular weight excluding hydrogens is 208 g/mol. The molecule has 0 aliphatic heterocycles. The standard InChI is InChI=1S/C13H13F2N/c1-3-9(2)12(13(14)15)11-7-5-4-6-10(11)8-16/h4-7,9H,3H2,1-2H3. The van der Waals surface area contributed by atoms with Crippen molar-refractivity contribution in [2.45, 2.75) is 20.3 Å². The lowest BCUT2D eigenvalue weighted by atomic mass is 9.90. The van der Waals surface area contributed by atoms with E-state index >= 15 is 0 Å². The van der Waals surface area contributed by atoms with Gasteiger partial charge in [-0.2, -0.15) is 14.0 Å². The minimum absolute atomic E-state index is 0.0142. The highest BCUT2D eigenvalue weighted by atomic mass is 19.3. The Bertz CT molecular complexity index is 439. The van der Waals surface area contributed by atoms with Crippen molar-refractivity contribution in [2.75, 3.05) is 0 Å². The smallest absolute Gasteiger partial charge is 0.192 e. The van der Waals surface area contributed by atoms with Crippen LogP contribution in [0.15, 0.2) is 30.3 Å². The van der Waals surface area contributed by atoms with Gasteiger partial charge in [0.2, 0.25) is 0 Å². The molecule has 0 radical (unpaired) electrons. The van der Waals surface area contributed by atoms with Gasteiger partial charge in [0.05, 0.1) is 11.6 Å². The molecule has 3 heteroatoms. The fraction of sp³-hybridized carbons (Fsp3) is 0.308. The van der Waals surface area contributed by atoms with Crippen molar-refractivity contribution in [3.05, 3.63) is 41.5 Å². The lowest BCUT2D eigenvalue weighted by molar-refractivity contribution is 0.417. The molecule has 1 rings (SSSR count). The van der Waals surface area contributed by atoms with E-state index in [-0.39, 0.29) is 11.5 Å². The van der Waals surface area contributed by atoms with Crippen molar-refractivity contribution < 1.29 is 8.78 Å². The van der Waals surface area contributed by atoms with E-state index in [4.69, 9.17) is 5.26 Å². The average Bonchev–Trinajstić information content (AvgIpc) is 2.29. The van der Waals surface area contributed by atoms with Gasteiger partial charge in [-0.1, -0.05) is 32.0 Å². The third-order valence-corrected chi connectivity index (χ3v) is 2.65. The summed E-state index contributed by atoms with van der Waals surface area (Å²) in [5, 5.41) is 8.89. The Hall–Kier alpha value is -1.69. The number of hydrogen-bond acceptors (Lipinski definition) is 1. The monoisotopic (exact) mass is 221 g/mol. The maximum atomic E-state index is 12.9. The van der Waals surface area contributed by atoms with Crippen LogP contribution in [0, 0.1) is 17.2 Å². The van der Waals surface area contributed by atoms with Gasteiger partial charge < -0.3 is 0 Å². The highest BCUT2D eigenvalue weighted by Crippen LogP contribution is 2.32. The Morgan fingerprint density at radius 3 is 2.50 bits per heavy atom. The number of rotatable bonds is 3. The van der Waals surface area contributed by atoms with Gasteiger partial charge in [-0.25, -0.2) is 0 Å². The van der Waals surface area contributed by atoms with Gasteiger partial charge in [0.25, 0.3) is 6.08 Å². The van der Waals surface area contributed by atoms with E-state index < -0.39 is 6.08 Å². The third kappa shape index (κ3) is 2.46. The van der Waals surface area contributed by atoms with Gasteiger partial charge in [0.1, 0.15) is 0 Å². The van der Waals surface area contributed by atoms with E-state index in [0.29, 0.717) is 17.5 Å². The molecule has 0 amide bonds. The molecule has 0 saturated heterocycles. The van der Waals surface area contributed by atoms with Crippen LogP contribution in [0.3, 0.4) is 0 Å². The SMILES string of the molecule is CCC(C)C(=C(F)F)c1ccccc1C#N. The molecule has 1 nitrogen and oxygen atoms in total. The number of allylic oxidation sites excluding steroid dienone is 1. The highest BCUT2D eigenvalue weighted by molar-refractivity contribution is 5.72. The van der Waals surface area contributed by atoms with Crippen molar-refractivity contribution in [3.8, 4) is 6.07 Å². The average molecular weight is 221 g/mol. The molecule has 0 heterocycles. The molecule has 1 unspecified atom stereocenters. The molecule has 1 aromatic carbocycles. The quantitative estimate of drug-likeness (QED) is 0.749. The molecule has 0 aromatic heterocycles. The zero-order valence-electron chi connectivity index (χ0n) is 9.30. The predicted octanol–water partition coefficient (Wildman–Crippen LogP) is 4.21. The number of halogens is 2.